The first-order chi connectivity index (χ1) is 12.1. The molecule has 0 bridgehead atoms. The van der Waals surface area contributed by atoms with Crippen LogP contribution in [0.2, 0.25) is 0 Å². The first kappa shape index (κ1) is 16.1. The normalized spacial score (nSPS) is 15.6. The van der Waals surface area contributed by atoms with Crippen LogP contribution in [0.1, 0.15) is 24.0 Å². The molecule has 1 aliphatic heterocycles. The minimum Gasteiger partial charge on any atom is -0.495 e. The van der Waals surface area contributed by atoms with Crippen LogP contribution in [0.5, 0.6) is 17.2 Å². The third-order valence-corrected chi connectivity index (χ3v) is 5.94. The summed E-state index contributed by atoms with van der Waals surface area (Å²) in [7, 11) is -2.29. The van der Waals surface area contributed by atoms with Crippen molar-refractivity contribution in [2.45, 2.75) is 30.6 Å². The molecule has 0 saturated carbocycles. The molecule has 0 spiro atoms. The highest BCUT2D eigenvalue weighted by molar-refractivity contribution is 7.92. The van der Waals surface area contributed by atoms with Crippen LogP contribution in [0, 0.1) is 0 Å². The van der Waals surface area contributed by atoms with Crippen LogP contribution in [0.4, 0.5) is 5.69 Å². The van der Waals surface area contributed by atoms with Gasteiger partial charge in [-0.05, 0) is 61.1 Å². The molecule has 0 saturated heterocycles. The lowest BCUT2D eigenvalue weighted by atomic mass is 9.92. The van der Waals surface area contributed by atoms with Gasteiger partial charge in [0.25, 0.3) is 10.0 Å². The van der Waals surface area contributed by atoms with E-state index in [9.17, 15) is 8.42 Å². The number of methoxy groups -OCH3 is 1. The molecule has 1 aliphatic carbocycles. The fourth-order valence-electron chi connectivity index (χ4n) is 3.28. The molecule has 1 heterocycles. The van der Waals surface area contributed by atoms with Gasteiger partial charge in [0.15, 0.2) is 11.5 Å². The van der Waals surface area contributed by atoms with Crippen molar-refractivity contribution in [3.05, 3.63) is 41.5 Å². The highest BCUT2D eigenvalue weighted by Crippen LogP contribution is 2.36. The molecule has 2 aliphatic rings. The van der Waals surface area contributed by atoms with E-state index in [-0.39, 0.29) is 11.7 Å². The third-order valence-electron chi connectivity index (χ3n) is 4.54. The van der Waals surface area contributed by atoms with E-state index < -0.39 is 10.0 Å². The molecular weight excluding hydrogens is 342 g/mol. The van der Waals surface area contributed by atoms with E-state index >= 15 is 0 Å². The van der Waals surface area contributed by atoms with Crippen molar-refractivity contribution in [3.8, 4) is 17.2 Å². The molecule has 0 aromatic heterocycles. The van der Waals surface area contributed by atoms with E-state index in [4.69, 9.17) is 14.2 Å². The number of rotatable bonds is 4. The first-order valence-electron chi connectivity index (χ1n) is 8.19. The number of fused-ring (bicyclic) bond motifs is 2. The number of hydrogen-bond acceptors (Lipinski definition) is 5. The first-order valence-corrected chi connectivity index (χ1v) is 9.67. The van der Waals surface area contributed by atoms with Crippen LogP contribution in [-0.4, -0.2) is 22.3 Å². The maximum Gasteiger partial charge on any atom is 0.265 e. The van der Waals surface area contributed by atoms with Gasteiger partial charge in [0.2, 0.25) is 6.79 Å². The molecular formula is C18H19NO5S. The lowest BCUT2D eigenvalue weighted by Crippen LogP contribution is -2.16. The van der Waals surface area contributed by atoms with Gasteiger partial charge in [0.1, 0.15) is 10.6 Å². The van der Waals surface area contributed by atoms with Crippen molar-refractivity contribution in [2.24, 2.45) is 0 Å². The van der Waals surface area contributed by atoms with Crippen LogP contribution in [0.15, 0.2) is 35.2 Å². The van der Waals surface area contributed by atoms with Crippen molar-refractivity contribution < 1.29 is 22.6 Å². The van der Waals surface area contributed by atoms with Crippen molar-refractivity contribution >= 4 is 15.7 Å². The summed E-state index contributed by atoms with van der Waals surface area (Å²) in [5.74, 6) is 1.50. The summed E-state index contributed by atoms with van der Waals surface area (Å²) < 4.78 is 44.3. The number of aryl methyl sites for hydroxylation is 2. The largest absolute Gasteiger partial charge is 0.495 e. The Hall–Kier alpha value is -2.41. The van der Waals surface area contributed by atoms with Gasteiger partial charge in [-0.3, -0.25) is 4.72 Å². The molecule has 0 unspecified atom stereocenters. The lowest BCUT2D eigenvalue weighted by Gasteiger charge is -2.19. The molecule has 0 atom stereocenters. The Labute approximate surface area is 146 Å². The molecule has 1 N–H and O–H groups in total. The predicted octanol–water partition coefficient (Wildman–Crippen LogP) is 3.10. The van der Waals surface area contributed by atoms with Gasteiger partial charge in [-0.1, -0.05) is 0 Å². The van der Waals surface area contributed by atoms with Crippen LogP contribution in [-0.2, 0) is 22.9 Å². The molecule has 4 rings (SSSR count). The van der Waals surface area contributed by atoms with Crippen molar-refractivity contribution in [2.75, 3.05) is 18.6 Å². The molecule has 25 heavy (non-hydrogen) atoms. The Kier molecular flexibility index (Phi) is 3.95. The molecule has 6 nitrogen and oxygen atoms in total. The van der Waals surface area contributed by atoms with Gasteiger partial charge in [-0.2, -0.15) is 0 Å². The second-order valence-electron chi connectivity index (χ2n) is 6.15. The van der Waals surface area contributed by atoms with E-state index in [1.807, 2.05) is 6.07 Å². The van der Waals surface area contributed by atoms with Gasteiger partial charge in [-0.25, -0.2) is 8.42 Å². The number of benzene rings is 2. The maximum atomic E-state index is 12.9. The number of nitrogens with one attached hydrogen (secondary N) is 1. The Morgan fingerprint density at radius 2 is 1.72 bits per heavy atom. The second kappa shape index (κ2) is 6.15. The topological polar surface area (TPSA) is 73.9 Å². The van der Waals surface area contributed by atoms with Crippen LogP contribution in [0.3, 0.4) is 0 Å². The van der Waals surface area contributed by atoms with Crippen molar-refractivity contribution in [1.82, 2.24) is 0 Å². The summed E-state index contributed by atoms with van der Waals surface area (Å²) in [4.78, 5) is 0.160. The van der Waals surface area contributed by atoms with Gasteiger partial charge >= 0.3 is 0 Å². The zero-order valence-electron chi connectivity index (χ0n) is 13.9. The van der Waals surface area contributed by atoms with E-state index in [2.05, 4.69) is 4.72 Å². The highest BCUT2D eigenvalue weighted by atomic mass is 32.2. The van der Waals surface area contributed by atoms with Crippen LogP contribution in [0.25, 0.3) is 0 Å². The summed E-state index contributed by atoms with van der Waals surface area (Å²) in [5.41, 5.74) is 2.67. The molecule has 132 valence electrons. The van der Waals surface area contributed by atoms with Gasteiger partial charge in [-0.15, -0.1) is 0 Å². The fraction of sp³-hybridized carbons (Fsp3) is 0.333. The minimum atomic E-state index is -3.78. The number of anilines is 1. The summed E-state index contributed by atoms with van der Waals surface area (Å²) in [6, 6.07) is 8.54. The summed E-state index contributed by atoms with van der Waals surface area (Å²) >= 11 is 0. The Balaban J connectivity index is 1.70. The summed E-state index contributed by atoms with van der Waals surface area (Å²) in [6.07, 6.45) is 4.06. The zero-order valence-corrected chi connectivity index (χ0v) is 14.7. The van der Waals surface area contributed by atoms with E-state index in [0.29, 0.717) is 22.9 Å². The molecule has 2 aromatic carbocycles. The maximum absolute atomic E-state index is 12.9. The number of hydrogen-bond donors (Lipinski definition) is 1. The van der Waals surface area contributed by atoms with E-state index in [1.165, 1.54) is 12.7 Å². The minimum absolute atomic E-state index is 0.143. The highest BCUT2D eigenvalue weighted by Gasteiger charge is 2.24. The summed E-state index contributed by atoms with van der Waals surface area (Å²) in [5, 5.41) is 0. The van der Waals surface area contributed by atoms with E-state index in [1.54, 1.807) is 24.3 Å². The molecule has 2 aromatic rings. The fourth-order valence-corrected chi connectivity index (χ4v) is 4.53. The Morgan fingerprint density at radius 3 is 2.48 bits per heavy atom. The monoisotopic (exact) mass is 361 g/mol. The average Bonchev–Trinajstić information content (AvgIpc) is 3.08. The Morgan fingerprint density at radius 1 is 1.00 bits per heavy atom. The molecule has 0 radical (unpaired) electrons. The third kappa shape index (κ3) is 3.00. The molecule has 0 amide bonds. The lowest BCUT2D eigenvalue weighted by molar-refractivity contribution is 0.174. The van der Waals surface area contributed by atoms with Crippen molar-refractivity contribution in [3.63, 3.8) is 0 Å². The average molecular weight is 361 g/mol. The Bertz CT molecular complexity index is 923. The quantitative estimate of drug-likeness (QED) is 0.906. The molecule has 7 heteroatoms. The van der Waals surface area contributed by atoms with Gasteiger partial charge in [0.05, 0.1) is 12.8 Å². The zero-order chi connectivity index (χ0) is 17.4. The van der Waals surface area contributed by atoms with E-state index in [0.717, 1.165) is 31.2 Å². The van der Waals surface area contributed by atoms with Crippen molar-refractivity contribution in [1.29, 1.82) is 0 Å². The number of ether oxygens (including phenoxy) is 3. The smallest absolute Gasteiger partial charge is 0.265 e. The standard InChI is InChI=1S/C18H19NO5S/c1-22-17-8-12-4-2-3-5-13(12)9-18(17)25(20,21)19-14-6-7-15-16(10-14)24-11-23-15/h6-10,19H,2-5,11H2,1H3. The predicted molar refractivity (Wildman–Crippen MR) is 93.0 cm³/mol. The van der Waals surface area contributed by atoms with Crippen LogP contribution < -0.4 is 18.9 Å². The second-order valence-corrected chi connectivity index (χ2v) is 7.80. The van der Waals surface area contributed by atoms with Gasteiger partial charge < -0.3 is 14.2 Å². The summed E-state index contributed by atoms with van der Waals surface area (Å²) in [6.45, 7) is 0.143. The SMILES string of the molecule is COc1cc2c(cc1S(=O)(=O)Nc1ccc3c(c1)OCO3)CCCC2. The van der Waals surface area contributed by atoms with Gasteiger partial charge in [0, 0.05) is 6.07 Å². The molecule has 0 fully saturated rings. The number of sulfonamides is 1. The van der Waals surface area contributed by atoms with Crippen LogP contribution >= 0.6 is 0 Å².